The molecule has 7 heteroatoms. The molecule has 0 bridgehead atoms. The molecule has 3 heterocycles. The molecule has 1 aromatic heterocycles. The summed E-state index contributed by atoms with van der Waals surface area (Å²) in [5, 5.41) is 7.45. The van der Waals surface area contributed by atoms with E-state index in [1.807, 2.05) is 11.4 Å². The highest BCUT2D eigenvalue weighted by Crippen LogP contribution is 2.30. The molecule has 122 valence electrons. The van der Waals surface area contributed by atoms with Gasteiger partial charge >= 0.3 is 0 Å². The maximum atomic E-state index is 12.8. The Balaban J connectivity index is 1.65. The number of anilines is 2. The molecule has 4 rings (SSSR count). The first kappa shape index (κ1) is 14.9. The summed E-state index contributed by atoms with van der Waals surface area (Å²) < 4.78 is 0. The summed E-state index contributed by atoms with van der Waals surface area (Å²) in [5.74, 6) is -0.526. The topological polar surface area (TPSA) is 78.5 Å². The third kappa shape index (κ3) is 2.46. The second kappa shape index (κ2) is 5.76. The number of nitrogens with one attached hydrogen (secondary N) is 2. The van der Waals surface area contributed by atoms with Gasteiger partial charge in [-0.05, 0) is 42.5 Å². The maximum Gasteiger partial charge on any atom is 0.265 e. The van der Waals surface area contributed by atoms with E-state index in [1.54, 1.807) is 29.2 Å². The molecule has 0 spiro atoms. The van der Waals surface area contributed by atoms with Crippen LogP contribution in [-0.4, -0.2) is 35.2 Å². The lowest BCUT2D eigenvalue weighted by Gasteiger charge is -2.20. The van der Waals surface area contributed by atoms with Crippen molar-refractivity contribution in [2.75, 3.05) is 17.2 Å². The van der Waals surface area contributed by atoms with Gasteiger partial charge in [-0.15, -0.1) is 11.3 Å². The Labute approximate surface area is 142 Å². The van der Waals surface area contributed by atoms with Crippen molar-refractivity contribution in [3.05, 3.63) is 46.2 Å². The van der Waals surface area contributed by atoms with Crippen molar-refractivity contribution in [1.29, 1.82) is 0 Å². The highest BCUT2D eigenvalue weighted by atomic mass is 32.1. The summed E-state index contributed by atoms with van der Waals surface area (Å²) in [6, 6.07) is 8.14. The van der Waals surface area contributed by atoms with Crippen LogP contribution in [0.15, 0.2) is 35.7 Å². The Morgan fingerprint density at radius 3 is 2.96 bits per heavy atom. The van der Waals surface area contributed by atoms with Crippen LogP contribution >= 0.6 is 11.3 Å². The minimum absolute atomic E-state index is 0.144. The fourth-order valence-electron chi connectivity index (χ4n) is 3.16. The van der Waals surface area contributed by atoms with Crippen molar-refractivity contribution < 1.29 is 14.4 Å². The average molecular weight is 341 g/mol. The number of thiophene rings is 1. The summed E-state index contributed by atoms with van der Waals surface area (Å²) in [7, 11) is 0. The van der Waals surface area contributed by atoms with Crippen LogP contribution in [0.2, 0.25) is 0 Å². The number of rotatable bonds is 2. The van der Waals surface area contributed by atoms with Gasteiger partial charge in [-0.2, -0.15) is 0 Å². The molecule has 1 fully saturated rings. The third-order valence-electron chi connectivity index (χ3n) is 4.33. The molecule has 0 radical (unpaired) electrons. The van der Waals surface area contributed by atoms with Crippen LogP contribution in [0.4, 0.5) is 11.4 Å². The highest BCUT2D eigenvalue weighted by molar-refractivity contribution is 7.12. The van der Waals surface area contributed by atoms with Gasteiger partial charge in [-0.25, -0.2) is 0 Å². The van der Waals surface area contributed by atoms with Gasteiger partial charge < -0.3 is 15.5 Å². The second-order valence-electron chi connectivity index (χ2n) is 5.84. The van der Waals surface area contributed by atoms with Crippen LogP contribution in [0.25, 0.3) is 0 Å². The molecule has 2 aliphatic heterocycles. The van der Waals surface area contributed by atoms with E-state index in [4.69, 9.17) is 0 Å². The van der Waals surface area contributed by atoms with Gasteiger partial charge in [-0.3, -0.25) is 14.4 Å². The minimum atomic E-state index is -0.394. The predicted octanol–water partition coefficient (Wildman–Crippen LogP) is 2.56. The highest BCUT2D eigenvalue weighted by Gasteiger charge is 2.38. The number of amides is 3. The van der Waals surface area contributed by atoms with E-state index in [9.17, 15) is 14.4 Å². The Morgan fingerprint density at radius 2 is 2.17 bits per heavy atom. The summed E-state index contributed by atoms with van der Waals surface area (Å²) in [5.41, 5.74) is 1.44. The van der Waals surface area contributed by atoms with Gasteiger partial charge in [0.05, 0.1) is 16.1 Å². The van der Waals surface area contributed by atoms with E-state index in [-0.39, 0.29) is 17.7 Å². The molecule has 2 aromatic rings. The molecule has 2 N–H and O–H groups in total. The van der Waals surface area contributed by atoms with E-state index >= 15 is 0 Å². The molecule has 24 heavy (non-hydrogen) atoms. The van der Waals surface area contributed by atoms with Crippen molar-refractivity contribution in [3.63, 3.8) is 0 Å². The van der Waals surface area contributed by atoms with Gasteiger partial charge in [0.15, 0.2) is 0 Å². The Kier molecular flexibility index (Phi) is 3.57. The van der Waals surface area contributed by atoms with Gasteiger partial charge in [0.2, 0.25) is 5.91 Å². The van der Waals surface area contributed by atoms with Crippen LogP contribution < -0.4 is 10.6 Å². The third-order valence-corrected chi connectivity index (χ3v) is 5.20. The molecule has 0 aliphatic carbocycles. The zero-order valence-corrected chi connectivity index (χ0v) is 13.6. The lowest BCUT2D eigenvalue weighted by atomic mass is 10.1. The standard InChI is InChI=1S/C17H15N3O3S/c21-15-13-3-1-7-20(13)17(23)11-9-10(5-6-12(11)19-15)18-16(22)14-4-2-8-24-14/h2,4-6,8-9,13H,1,3,7H2,(H,18,22)(H,19,21)/t13-/m1/s1. The fraction of sp³-hybridized carbons (Fsp3) is 0.235. The molecular weight excluding hydrogens is 326 g/mol. The van der Waals surface area contributed by atoms with Gasteiger partial charge in [-0.1, -0.05) is 6.07 Å². The first-order chi connectivity index (χ1) is 11.6. The van der Waals surface area contributed by atoms with Gasteiger partial charge in [0.25, 0.3) is 11.8 Å². The first-order valence-electron chi connectivity index (χ1n) is 7.74. The molecule has 2 aliphatic rings. The maximum absolute atomic E-state index is 12.8. The molecule has 3 amide bonds. The summed E-state index contributed by atoms with van der Waals surface area (Å²) in [6.45, 7) is 0.585. The zero-order chi connectivity index (χ0) is 16.7. The van der Waals surface area contributed by atoms with Crippen molar-refractivity contribution in [1.82, 2.24) is 4.90 Å². The lowest BCUT2D eigenvalue weighted by Crippen LogP contribution is -2.40. The number of carbonyl (C=O) groups excluding carboxylic acids is 3. The largest absolute Gasteiger partial charge is 0.327 e. The van der Waals surface area contributed by atoms with Crippen LogP contribution in [0.5, 0.6) is 0 Å². The number of nitrogens with zero attached hydrogens (tertiary/aromatic N) is 1. The Hall–Kier alpha value is -2.67. The number of benzene rings is 1. The molecule has 0 saturated carbocycles. The number of hydrogen-bond acceptors (Lipinski definition) is 4. The van der Waals surface area contributed by atoms with Crippen molar-refractivity contribution in [2.45, 2.75) is 18.9 Å². The normalized spacial score (nSPS) is 19.3. The van der Waals surface area contributed by atoms with E-state index in [0.717, 1.165) is 6.42 Å². The van der Waals surface area contributed by atoms with E-state index in [1.165, 1.54) is 11.3 Å². The first-order valence-corrected chi connectivity index (χ1v) is 8.62. The smallest absolute Gasteiger partial charge is 0.265 e. The zero-order valence-electron chi connectivity index (χ0n) is 12.7. The lowest BCUT2D eigenvalue weighted by molar-refractivity contribution is -0.119. The summed E-state index contributed by atoms with van der Waals surface area (Å²) in [4.78, 5) is 39.4. The van der Waals surface area contributed by atoms with Crippen molar-refractivity contribution >= 4 is 40.4 Å². The SMILES string of the molecule is O=C(Nc1ccc2c(c1)C(=O)N1CCC[C@@H]1C(=O)N2)c1cccs1. The molecule has 6 nitrogen and oxygen atoms in total. The Bertz CT molecular complexity index is 832. The van der Waals surface area contributed by atoms with Gasteiger partial charge in [0.1, 0.15) is 6.04 Å². The summed E-state index contributed by atoms with van der Waals surface area (Å²) >= 11 is 1.35. The molecule has 1 aromatic carbocycles. The van der Waals surface area contributed by atoms with E-state index in [2.05, 4.69) is 10.6 Å². The number of carbonyl (C=O) groups is 3. The van der Waals surface area contributed by atoms with Crippen LogP contribution in [0, 0.1) is 0 Å². The quantitative estimate of drug-likeness (QED) is 0.881. The average Bonchev–Trinajstić information content (AvgIpc) is 3.25. The van der Waals surface area contributed by atoms with E-state index in [0.29, 0.717) is 34.8 Å². The van der Waals surface area contributed by atoms with Crippen LogP contribution in [0.1, 0.15) is 32.9 Å². The monoisotopic (exact) mass is 341 g/mol. The summed E-state index contributed by atoms with van der Waals surface area (Å²) in [6.07, 6.45) is 1.52. The second-order valence-corrected chi connectivity index (χ2v) is 6.79. The number of fused-ring (bicyclic) bond motifs is 2. The number of hydrogen-bond donors (Lipinski definition) is 2. The molecule has 1 atom stereocenters. The minimum Gasteiger partial charge on any atom is -0.327 e. The molecule has 0 unspecified atom stereocenters. The van der Waals surface area contributed by atoms with Crippen LogP contribution in [0.3, 0.4) is 0 Å². The Morgan fingerprint density at radius 1 is 1.29 bits per heavy atom. The fourth-order valence-corrected chi connectivity index (χ4v) is 3.78. The molecular formula is C17H15N3O3S. The van der Waals surface area contributed by atoms with E-state index < -0.39 is 6.04 Å². The molecule has 1 saturated heterocycles. The van der Waals surface area contributed by atoms with Crippen LogP contribution in [-0.2, 0) is 4.79 Å². The predicted molar refractivity (Wildman–Crippen MR) is 91.4 cm³/mol. The van der Waals surface area contributed by atoms with Gasteiger partial charge in [0, 0.05) is 12.2 Å². The van der Waals surface area contributed by atoms with Crippen molar-refractivity contribution in [2.24, 2.45) is 0 Å². The van der Waals surface area contributed by atoms with Crippen molar-refractivity contribution in [3.8, 4) is 0 Å².